The Labute approximate surface area is 104 Å². The summed E-state index contributed by atoms with van der Waals surface area (Å²) in [6.45, 7) is 4.42. The normalized spacial score (nSPS) is 24.9. The average molecular weight is 252 g/mol. The van der Waals surface area contributed by atoms with Gasteiger partial charge < -0.3 is 10.0 Å². The molecule has 1 unspecified atom stereocenters. The lowest BCUT2D eigenvalue weighted by Crippen LogP contribution is -2.50. The Morgan fingerprint density at radius 1 is 1.41 bits per heavy atom. The van der Waals surface area contributed by atoms with Crippen LogP contribution in [0.3, 0.4) is 0 Å². The molecule has 1 atom stereocenters. The van der Waals surface area contributed by atoms with E-state index in [-0.39, 0.29) is 0 Å². The number of carbonyl (C=O) groups is 1. The standard InChI is InChI=1S/C12H16N2O2S/c15-12(16)11-6-10(8-17-11)14-5-4-13-3-1-2-9(13)7-14/h6,8-9H,1-5,7H2,(H,15,16). The van der Waals surface area contributed by atoms with Crippen molar-refractivity contribution < 1.29 is 9.90 Å². The van der Waals surface area contributed by atoms with E-state index >= 15 is 0 Å². The van der Waals surface area contributed by atoms with Gasteiger partial charge in [0.25, 0.3) is 0 Å². The van der Waals surface area contributed by atoms with Crippen molar-refractivity contribution in [1.29, 1.82) is 0 Å². The Morgan fingerprint density at radius 3 is 3.06 bits per heavy atom. The summed E-state index contributed by atoms with van der Waals surface area (Å²) in [5, 5.41) is 10.9. The summed E-state index contributed by atoms with van der Waals surface area (Å²) in [6.07, 6.45) is 2.59. The number of thiophene rings is 1. The van der Waals surface area contributed by atoms with Gasteiger partial charge in [0.1, 0.15) is 4.88 Å². The molecule has 1 N–H and O–H groups in total. The first-order valence-electron chi connectivity index (χ1n) is 6.05. The fraction of sp³-hybridized carbons (Fsp3) is 0.583. The number of carboxylic acids is 1. The maximum atomic E-state index is 10.9. The van der Waals surface area contributed by atoms with Gasteiger partial charge in [0, 0.05) is 36.7 Å². The number of fused-ring (bicyclic) bond motifs is 1. The lowest BCUT2D eigenvalue weighted by molar-refractivity contribution is 0.0702. The monoisotopic (exact) mass is 252 g/mol. The molecule has 2 fully saturated rings. The number of carboxylic acid groups (broad SMARTS) is 1. The Bertz CT molecular complexity index is 432. The van der Waals surface area contributed by atoms with Crippen LogP contribution in [0, 0.1) is 0 Å². The average Bonchev–Trinajstić information content (AvgIpc) is 2.97. The Kier molecular flexibility index (Phi) is 2.80. The number of rotatable bonds is 2. The fourth-order valence-corrected chi connectivity index (χ4v) is 3.58. The molecule has 3 rings (SSSR count). The van der Waals surface area contributed by atoms with Gasteiger partial charge in [-0.2, -0.15) is 0 Å². The van der Waals surface area contributed by atoms with E-state index in [1.807, 2.05) is 5.38 Å². The van der Waals surface area contributed by atoms with Crippen molar-refractivity contribution in [3.8, 4) is 0 Å². The molecular weight excluding hydrogens is 236 g/mol. The van der Waals surface area contributed by atoms with E-state index in [0.29, 0.717) is 10.9 Å². The van der Waals surface area contributed by atoms with Crippen LogP contribution in [0.15, 0.2) is 11.4 Å². The highest BCUT2D eigenvalue weighted by molar-refractivity contribution is 7.12. The topological polar surface area (TPSA) is 43.8 Å². The molecule has 0 saturated carbocycles. The minimum absolute atomic E-state index is 0.439. The van der Waals surface area contributed by atoms with Gasteiger partial charge in [0.05, 0.1) is 0 Å². The summed E-state index contributed by atoms with van der Waals surface area (Å²) >= 11 is 1.32. The molecule has 1 aromatic rings. The summed E-state index contributed by atoms with van der Waals surface area (Å²) in [5.41, 5.74) is 1.08. The highest BCUT2D eigenvalue weighted by Gasteiger charge is 2.30. The molecular formula is C12H16N2O2S. The molecule has 5 heteroatoms. The number of anilines is 1. The van der Waals surface area contributed by atoms with Crippen molar-refractivity contribution in [2.75, 3.05) is 31.1 Å². The van der Waals surface area contributed by atoms with Crippen LogP contribution in [-0.4, -0.2) is 48.2 Å². The van der Waals surface area contributed by atoms with Crippen molar-refractivity contribution in [2.24, 2.45) is 0 Å². The number of hydrogen-bond acceptors (Lipinski definition) is 4. The number of aromatic carboxylic acids is 1. The number of piperazine rings is 1. The van der Waals surface area contributed by atoms with Crippen LogP contribution in [0.5, 0.6) is 0 Å². The quantitative estimate of drug-likeness (QED) is 0.870. The largest absolute Gasteiger partial charge is 0.477 e. The van der Waals surface area contributed by atoms with Gasteiger partial charge in [-0.25, -0.2) is 4.79 Å². The first kappa shape index (κ1) is 11.0. The minimum Gasteiger partial charge on any atom is -0.477 e. The zero-order valence-electron chi connectivity index (χ0n) is 9.63. The maximum Gasteiger partial charge on any atom is 0.345 e. The second kappa shape index (κ2) is 4.31. The first-order chi connectivity index (χ1) is 8.24. The third-order valence-electron chi connectivity index (χ3n) is 3.75. The molecule has 2 aliphatic heterocycles. The molecule has 0 aromatic carbocycles. The lowest BCUT2D eigenvalue weighted by atomic mass is 10.1. The van der Waals surface area contributed by atoms with Crippen molar-refractivity contribution in [2.45, 2.75) is 18.9 Å². The number of nitrogens with zero attached hydrogens (tertiary/aromatic N) is 2. The molecule has 0 spiro atoms. The fourth-order valence-electron chi connectivity index (χ4n) is 2.83. The lowest BCUT2D eigenvalue weighted by Gasteiger charge is -2.38. The summed E-state index contributed by atoms with van der Waals surface area (Å²) < 4.78 is 0. The summed E-state index contributed by atoms with van der Waals surface area (Å²) in [5.74, 6) is -0.819. The van der Waals surface area contributed by atoms with Gasteiger partial charge >= 0.3 is 5.97 Å². The molecule has 0 aliphatic carbocycles. The Morgan fingerprint density at radius 2 is 2.29 bits per heavy atom. The van der Waals surface area contributed by atoms with E-state index in [4.69, 9.17) is 5.11 Å². The summed E-state index contributed by atoms with van der Waals surface area (Å²) in [7, 11) is 0. The Hall–Kier alpha value is -1.07. The van der Waals surface area contributed by atoms with Crippen LogP contribution in [0.25, 0.3) is 0 Å². The molecule has 0 amide bonds. The van der Waals surface area contributed by atoms with E-state index in [9.17, 15) is 4.79 Å². The molecule has 92 valence electrons. The molecule has 1 aromatic heterocycles. The summed E-state index contributed by atoms with van der Waals surface area (Å²) in [6, 6.07) is 2.48. The molecule has 3 heterocycles. The minimum atomic E-state index is -0.819. The second-order valence-corrected chi connectivity index (χ2v) is 5.66. The van der Waals surface area contributed by atoms with Gasteiger partial charge in [0.15, 0.2) is 0 Å². The molecule has 2 aliphatic rings. The van der Waals surface area contributed by atoms with Crippen molar-refractivity contribution in [1.82, 2.24) is 4.90 Å². The van der Waals surface area contributed by atoms with Gasteiger partial charge in [-0.1, -0.05) is 0 Å². The predicted octanol–water partition coefficient (Wildman–Crippen LogP) is 1.73. The van der Waals surface area contributed by atoms with E-state index in [1.54, 1.807) is 6.07 Å². The van der Waals surface area contributed by atoms with E-state index in [2.05, 4.69) is 9.80 Å². The molecule has 17 heavy (non-hydrogen) atoms. The second-order valence-electron chi connectivity index (χ2n) is 4.75. The van der Waals surface area contributed by atoms with Crippen molar-refractivity contribution >= 4 is 23.0 Å². The third-order valence-corrected chi connectivity index (χ3v) is 4.65. The SMILES string of the molecule is O=C(O)c1cc(N2CCN3CCCC3C2)cs1. The summed E-state index contributed by atoms with van der Waals surface area (Å²) in [4.78, 5) is 16.2. The smallest absolute Gasteiger partial charge is 0.345 e. The molecule has 2 saturated heterocycles. The molecule has 4 nitrogen and oxygen atoms in total. The molecule has 0 radical (unpaired) electrons. The van der Waals surface area contributed by atoms with Crippen LogP contribution >= 0.6 is 11.3 Å². The van der Waals surface area contributed by atoms with E-state index < -0.39 is 5.97 Å². The highest BCUT2D eigenvalue weighted by Crippen LogP contribution is 2.28. The van der Waals surface area contributed by atoms with Crippen molar-refractivity contribution in [3.05, 3.63) is 16.3 Å². The third kappa shape index (κ3) is 2.05. The highest BCUT2D eigenvalue weighted by atomic mass is 32.1. The predicted molar refractivity (Wildman–Crippen MR) is 68.1 cm³/mol. The van der Waals surface area contributed by atoms with Crippen LogP contribution in [-0.2, 0) is 0 Å². The van der Waals surface area contributed by atoms with Gasteiger partial charge in [-0.05, 0) is 25.5 Å². The Balaban J connectivity index is 1.73. The van der Waals surface area contributed by atoms with Crippen LogP contribution in [0.4, 0.5) is 5.69 Å². The van der Waals surface area contributed by atoms with Gasteiger partial charge in [-0.15, -0.1) is 11.3 Å². The van der Waals surface area contributed by atoms with Crippen LogP contribution in [0.2, 0.25) is 0 Å². The van der Waals surface area contributed by atoms with E-state index in [1.165, 1.54) is 30.7 Å². The zero-order valence-corrected chi connectivity index (χ0v) is 10.4. The molecule has 0 bridgehead atoms. The van der Waals surface area contributed by atoms with Gasteiger partial charge in [0.2, 0.25) is 0 Å². The first-order valence-corrected chi connectivity index (χ1v) is 6.93. The van der Waals surface area contributed by atoms with Crippen molar-refractivity contribution in [3.63, 3.8) is 0 Å². The van der Waals surface area contributed by atoms with E-state index in [0.717, 1.165) is 25.3 Å². The van der Waals surface area contributed by atoms with Crippen LogP contribution in [0.1, 0.15) is 22.5 Å². The van der Waals surface area contributed by atoms with Gasteiger partial charge in [-0.3, -0.25) is 4.90 Å². The number of hydrogen-bond donors (Lipinski definition) is 1. The zero-order chi connectivity index (χ0) is 11.8. The maximum absolute atomic E-state index is 10.9. The van der Waals surface area contributed by atoms with Crippen LogP contribution < -0.4 is 4.90 Å².